The van der Waals surface area contributed by atoms with Crippen molar-refractivity contribution < 1.29 is 9.90 Å². The van der Waals surface area contributed by atoms with E-state index >= 15 is 0 Å². The maximum atomic E-state index is 11.2. The Morgan fingerprint density at radius 2 is 2.06 bits per heavy atom. The summed E-state index contributed by atoms with van der Waals surface area (Å²) in [6, 6.07) is 0.302. The molecule has 2 bridgehead atoms. The first kappa shape index (κ1) is 11.4. The molecule has 0 amide bonds. The fraction of sp³-hybridized carbons (Fsp3) is 0.667. The van der Waals surface area contributed by atoms with E-state index in [1.54, 1.807) is 0 Å². The number of nitrogens with zero attached hydrogens (tertiary/aromatic N) is 4. The lowest BCUT2D eigenvalue weighted by Crippen LogP contribution is -2.34. The van der Waals surface area contributed by atoms with Crippen LogP contribution in [0.25, 0.3) is 0 Å². The van der Waals surface area contributed by atoms with Crippen LogP contribution in [0.5, 0.6) is 0 Å². The van der Waals surface area contributed by atoms with Crippen molar-refractivity contribution in [1.29, 1.82) is 0 Å². The van der Waals surface area contributed by atoms with Gasteiger partial charge in [0.05, 0.1) is 17.3 Å². The summed E-state index contributed by atoms with van der Waals surface area (Å²) < 4.78 is 0. The third kappa shape index (κ3) is 1.55. The van der Waals surface area contributed by atoms with Gasteiger partial charge in [-0.1, -0.05) is 0 Å². The smallest absolute Gasteiger partial charge is 0.308 e. The Balaban J connectivity index is 1.93. The van der Waals surface area contributed by atoms with Crippen LogP contribution in [0.4, 0.5) is 5.95 Å². The second-order valence-corrected chi connectivity index (χ2v) is 5.17. The quantitative estimate of drug-likeness (QED) is 0.838. The molecule has 0 aromatic carbocycles. The molecule has 3 heterocycles. The summed E-state index contributed by atoms with van der Waals surface area (Å²) in [6.07, 6.45) is 2.65. The van der Waals surface area contributed by atoms with Crippen LogP contribution < -0.4 is 4.90 Å². The number of hydrogen-bond donors (Lipinski definition) is 1. The van der Waals surface area contributed by atoms with Crippen LogP contribution in [0.2, 0.25) is 0 Å². The van der Waals surface area contributed by atoms with Gasteiger partial charge in [0.15, 0.2) is 0 Å². The minimum atomic E-state index is -0.705. The van der Waals surface area contributed by atoms with Crippen molar-refractivity contribution in [3.63, 3.8) is 0 Å². The molecule has 0 saturated carbocycles. The fourth-order valence-corrected chi connectivity index (χ4v) is 3.12. The Morgan fingerprint density at radius 1 is 1.28 bits per heavy atom. The lowest BCUT2D eigenvalue weighted by atomic mass is 9.89. The normalized spacial score (nSPS) is 29.9. The van der Waals surface area contributed by atoms with Crippen molar-refractivity contribution in [2.75, 3.05) is 4.90 Å². The van der Waals surface area contributed by atoms with Crippen LogP contribution in [0.1, 0.15) is 30.7 Å². The molecule has 2 fully saturated rings. The molecule has 3 atom stereocenters. The second-order valence-electron chi connectivity index (χ2n) is 5.17. The highest BCUT2D eigenvalue weighted by Gasteiger charge is 2.50. The number of aliphatic carboxylic acids is 1. The van der Waals surface area contributed by atoms with Crippen molar-refractivity contribution in [2.24, 2.45) is 5.92 Å². The zero-order valence-electron chi connectivity index (χ0n) is 10.5. The first-order chi connectivity index (χ1) is 8.58. The van der Waals surface area contributed by atoms with Crippen molar-refractivity contribution >= 4 is 11.9 Å². The fourth-order valence-electron chi connectivity index (χ4n) is 3.12. The van der Waals surface area contributed by atoms with E-state index in [-0.39, 0.29) is 18.0 Å². The number of fused-ring (bicyclic) bond motifs is 2. The number of aromatic nitrogens is 3. The number of carboxylic acid groups (broad SMARTS) is 1. The Morgan fingerprint density at radius 3 is 2.67 bits per heavy atom. The Kier molecular flexibility index (Phi) is 2.46. The van der Waals surface area contributed by atoms with Crippen molar-refractivity contribution in [3.05, 3.63) is 11.4 Å². The van der Waals surface area contributed by atoms with E-state index in [4.69, 9.17) is 0 Å². The minimum Gasteiger partial charge on any atom is -0.481 e. The van der Waals surface area contributed by atoms with Crippen LogP contribution >= 0.6 is 0 Å². The van der Waals surface area contributed by atoms with Gasteiger partial charge in [-0.3, -0.25) is 4.79 Å². The SMILES string of the molecule is Cc1nnc(N2C3CCC2C(C(=O)O)C3)nc1C. The van der Waals surface area contributed by atoms with Crippen LogP contribution in [0.15, 0.2) is 0 Å². The van der Waals surface area contributed by atoms with Crippen molar-refractivity contribution in [3.8, 4) is 0 Å². The first-order valence-corrected chi connectivity index (χ1v) is 6.27. The monoisotopic (exact) mass is 248 g/mol. The molecule has 0 aliphatic carbocycles. The van der Waals surface area contributed by atoms with Gasteiger partial charge in [0.1, 0.15) is 0 Å². The third-order valence-corrected chi connectivity index (χ3v) is 4.17. The topological polar surface area (TPSA) is 79.2 Å². The minimum absolute atomic E-state index is 0.0383. The summed E-state index contributed by atoms with van der Waals surface area (Å²) in [6.45, 7) is 3.78. The summed E-state index contributed by atoms with van der Waals surface area (Å²) in [7, 11) is 0. The van der Waals surface area contributed by atoms with Gasteiger partial charge in [-0.2, -0.15) is 5.10 Å². The molecule has 1 aromatic heterocycles. The van der Waals surface area contributed by atoms with Gasteiger partial charge >= 0.3 is 5.97 Å². The van der Waals surface area contributed by atoms with Crippen LogP contribution in [0.3, 0.4) is 0 Å². The summed E-state index contributed by atoms with van der Waals surface area (Å²) >= 11 is 0. The number of carbonyl (C=O) groups is 1. The van der Waals surface area contributed by atoms with Gasteiger partial charge in [-0.15, -0.1) is 5.10 Å². The van der Waals surface area contributed by atoms with Gasteiger partial charge in [0.25, 0.3) is 0 Å². The molecule has 18 heavy (non-hydrogen) atoms. The molecule has 3 unspecified atom stereocenters. The average molecular weight is 248 g/mol. The van der Waals surface area contributed by atoms with Crippen molar-refractivity contribution in [1.82, 2.24) is 15.2 Å². The molecule has 3 rings (SSSR count). The highest BCUT2D eigenvalue weighted by molar-refractivity contribution is 5.73. The van der Waals surface area contributed by atoms with E-state index in [0.717, 1.165) is 24.2 Å². The molecular formula is C12H16N4O2. The van der Waals surface area contributed by atoms with E-state index in [9.17, 15) is 9.90 Å². The zero-order valence-corrected chi connectivity index (χ0v) is 10.5. The van der Waals surface area contributed by atoms with Crippen LogP contribution in [-0.4, -0.2) is 38.3 Å². The van der Waals surface area contributed by atoms with E-state index < -0.39 is 5.97 Å². The standard InChI is InChI=1S/C12H16N4O2/c1-6-7(2)14-15-12(13-6)16-8-3-4-10(16)9(5-8)11(17)18/h8-10H,3-5H2,1-2H3,(H,17,18). The molecular weight excluding hydrogens is 232 g/mol. The highest BCUT2D eigenvalue weighted by atomic mass is 16.4. The molecule has 1 N–H and O–H groups in total. The molecule has 96 valence electrons. The molecule has 1 aromatic rings. The predicted molar refractivity (Wildman–Crippen MR) is 64.3 cm³/mol. The number of hydrogen-bond acceptors (Lipinski definition) is 5. The van der Waals surface area contributed by atoms with Gasteiger partial charge < -0.3 is 10.0 Å². The molecule has 0 radical (unpaired) electrons. The number of anilines is 1. The largest absolute Gasteiger partial charge is 0.481 e. The summed E-state index contributed by atoms with van der Waals surface area (Å²) in [5, 5.41) is 17.4. The van der Waals surface area contributed by atoms with Gasteiger partial charge in [0, 0.05) is 12.1 Å². The lowest BCUT2D eigenvalue weighted by molar-refractivity contribution is -0.142. The second kappa shape index (κ2) is 3.90. The molecule has 6 nitrogen and oxygen atoms in total. The predicted octanol–water partition coefficient (Wildman–Crippen LogP) is 0.930. The maximum Gasteiger partial charge on any atom is 0.308 e. The summed E-state index contributed by atoms with van der Waals surface area (Å²) in [5.41, 5.74) is 1.68. The zero-order chi connectivity index (χ0) is 12.9. The van der Waals surface area contributed by atoms with Gasteiger partial charge in [-0.05, 0) is 33.1 Å². The molecule has 2 aliphatic heterocycles. The highest BCUT2D eigenvalue weighted by Crippen LogP contribution is 2.43. The van der Waals surface area contributed by atoms with Gasteiger partial charge in [0.2, 0.25) is 5.95 Å². The first-order valence-electron chi connectivity index (χ1n) is 6.27. The van der Waals surface area contributed by atoms with Crippen LogP contribution in [0, 0.1) is 19.8 Å². The van der Waals surface area contributed by atoms with Crippen molar-refractivity contribution in [2.45, 2.75) is 45.2 Å². The molecule has 2 saturated heterocycles. The number of carboxylic acids is 1. The van der Waals surface area contributed by atoms with E-state index in [1.807, 2.05) is 13.8 Å². The van der Waals surface area contributed by atoms with E-state index in [1.165, 1.54) is 0 Å². The van der Waals surface area contributed by atoms with Crippen LogP contribution in [-0.2, 0) is 4.79 Å². The summed E-state index contributed by atoms with van der Waals surface area (Å²) in [4.78, 5) is 17.7. The number of aryl methyl sites for hydroxylation is 2. The lowest BCUT2D eigenvalue weighted by Gasteiger charge is -2.22. The van der Waals surface area contributed by atoms with E-state index in [2.05, 4.69) is 20.1 Å². The average Bonchev–Trinajstić information content (AvgIpc) is 2.90. The number of rotatable bonds is 2. The summed E-state index contributed by atoms with van der Waals surface area (Å²) in [5.74, 6) is -0.396. The molecule has 6 heteroatoms. The third-order valence-electron chi connectivity index (χ3n) is 4.17. The Labute approximate surface area is 105 Å². The Hall–Kier alpha value is -1.72. The van der Waals surface area contributed by atoms with Gasteiger partial charge in [-0.25, -0.2) is 4.98 Å². The maximum absolute atomic E-state index is 11.2. The molecule has 2 aliphatic rings. The van der Waals surface area contributed by atoms with E-state index in [0.29, 0.717) is 12.4 Å². The Bertz CT molecular complexity index is 505. The molecule has 0 spiro atoms.